The minimum absolute atomic E-state index is 0.228. The molecule has 1 aliphatic heterocycles. The van der Waals surface area contributed by atoms with E-state index < -0.39 is 0 Å². The molecule has 1 N–H and O–H groups in total. The number of benzene rings is 1. The van der Waals surface area contributed by atoms with Gasteiger partial charge in [0.05, 0.1) is 6.04 Å². The predicted molar refractivity (Wildman–Crippen MR) is 54.7 cm³/mol. The van der Waals surface area contributed by atoms with Crippen LogP contribution in [0.5, 0.6) is 0 Å². The van der Waals surface area contributed by atoms with Crippen LogP contribution in [0.3, 0.4) is 0 Å². The summed E-state index contributed by atoms with van der Waals surface area (Å²) in [6.45, 7) is 2.11. The molecule has 0 amide bonds. The van der Waals surface area contributed by atoms with E-state index in [0.717, 1.165) is 0 Å². The van der Waals surface area contributed by atoms with Gasteiger partial charge in [0.1, 0.15) is 0 Å². The highest BCUT2D eigenvalue weighted by molar-refractivity contribution is 5.69. The van der Waals surface area contributed by atoms with E-state index in [4.69, 9.17) is 0 Å². The van der Waals surface area contributed by atoms with Crippen molar-refractivity contribution in [2.24, 2.45) is 4.99 Å². The number of nitrogens with one attached hydrogen (secondary N) is 1. The van der Waals surface area contributed by atoms with Gasteiger partial charge in [-0.3, -0.25) is 4.99 Å². The van der Waals surface area contributed by atoms with Crippen molar-refractivity contribution in [3.05, 3.63) is 47.8 Å². The van der Waals surface area contributed by atoms with Gasteiger partial charge in [-0.2, -0.15) is 0 Å². The molecule has 0 radical (unpaired) electrons. The van der Waals surface area contributed by atoms with E-state index >= 15 is 0 Å². The number of nitrogens with zero attached hydrogens (tertiary/aromatic N) is 1. The van der Waals surface area contributed by atoms with E-state index in [1.807, 2.05) is 12.4 Å². The number of hydrogen-bond acceptors (Lipinski definition) is 2. The fourth-order valence-corrected chi connectivity index (χ4v) is 1.47. The third kappa shape index (κ3) is 1.61. The lowest BCUT2D eigenvalue weighted by molar-refractivity contribution is 0.787. The molecule has 0 fully saturated rings. The van der Waals surface area contributed by atoms with Gasteiger partial charge < -0.3 is 5.32 Å². The summed E-state index contributed by atoms with van der Waals surface area (Å²) >= 11 is 0. The van der Waals surface area contributed by atoms with Gasteiger partial charge in [-0.05, 0) is 18.1 Å². The molecule has 0 saturated heterocycles. The topological polar surface area (TPSA) is 24.4 Å². The van der Waals surface area contributed by atoms with Crippen LogP contribution in [0, 0.1) is 6.92 Å². The van der Waals surface area contributed by atoms with Crippen LogP contribution in [0.2, 0.25) is 0 Å². The van der Waals surface area contributed by atoms with Gasteiger partial charge >= 0.3 is 0 Å². The number of hydrogen-bond donors (Lipinski definition) is 1. The van der Waals surface area contributed by atoms with Crippen LogP contribution in [-0.4, -0.2) is 6.21 Å². The third-order valence-corrected chi connectivity index (χ3v) is 2.20. The Morgan fingerprint density at radius 2 is 2.15 bits per heavy atom. The van der Waals surface area contributed by atoms with Crippen LogP contribution in [0.15, 0.2) is 41.7 Å². The zero-order valence-corrected chi connectivity index (χ0v) is 7.57. The van der Waals surface area contributed by atoms with Crippen LogP contribution >= 0.6 is 0 Å². The molecule has 1 aromatic rings. The Labute approximate surface area is 78.0 Å². The van der Waals surface area contributed by atoms with Gasteiger partial charge in [0.25, 0.3) is 0 Å². The summed E-state index contributed by atoms with van der Waals surface area (Å²) < 4.78 is 0. The van der Waals surface area contributed by atoms with Crippen LogP contribution in [-0.2, 0) is 0 Å². The fraction of sp³-hybridized carbons (Fsp3) is 0.182. The molecule has 0 bridgehead atoms. The molecule has 0 aromatic heterocycles. The largest absolute Gasteiger partial charge is 0.378 e. The lowest BCUT2D eigenvalue weighted by Crippen LogP contribution is -2.19. The van der Waals surface area contributed by atoms with Gasteiger partial charge in [0.15, 0.2) is 0 Å². The molecule has 1 unspecified atom stereocenters. The molecular formula is C11H12N2. The standard InChI is InChI=1S/C11H12N2/c1-9-4-2-3-5-10(9)11-8-12-6-7-13-11/h2-8,11,13H,1H3. The molecule has 1 aliphatic rings. The molecule has 1 aromatic carbocycles. The highest BCUT2D eigenvalue weighted by atomic mass is 14.9. The average Bonchev–Trinajstić information content (AvgIpc) is 2.20. The first-order valence-corrected chi connectivity index (χ1v) is 4.38. The lowest BCUT2D eigenvalue weighted by atomic mass is 10.0. The summed E-state index contributed by atoms with van der Waals surface area (Å²) in [7, 11) is 0. The maximum atomic E-state index is 4.11. The zero-order valence-electron chi connectivity index (χ0n) is 7.57. The second-order valence-electron chi connectivity index (χ2n) is 3.11. The van der Waals surface area contributed by atoms with Crippen LogP contribution in [0.25, 0.3) is 0 Å². The van der Waals surface area contributed by atoms with Gasteiger partial charge in [-0.1, -0.05) is 24.3 Å². The second kappa shape index (κ2) is 3.44. The van der Waals surface area contributed by atoms with Crippen molar-refractivity contribution in [2.45, 2.75) is 13.0 Å². The van der Waals surface area contributed by atoms with Crippen molar-refractivity contribution in [2.75, 3.05) is 0 Å². The molecule has 0 saturated carbocycles. The van der Waals surface area contributed by atoms with Crippen molar-refractivity contribution in [1.29, 1.82) is 0 Å². The van der Waals surface area contributed by atoms with Gasteiger partial charge in [0, 0.05) is 18.6 Å². The average molecular weight is 172 g/mol. The maximum Gasteiger partial charge on any atom is 0.0868 e. The molecular weight excluding hydrogens is 160 g/mol. The second-order valence-corrected chi connectivity index (χ2v) is 3.11. The SMILES string of the molecule is Cc1ccccc1C1C=NC=CN1. The van der Waals surface area contributed by atoms with Crippen molar-refractivity contribution >= 4 is 6.21 Å². The van der Waals surface area contributed by atoms with Crippen molar-refractivity contribution in [3.8, 4) is 0 Å². The Bertz CT molecular complexity index is 353. The number of aliphatic imine (C=N–C) groups is 1. The summed E-state index contributed by atoms with van der Waals surface area (Å²) in [6.07, 6.45) is 5.55. The Kier molecular flexibility index (Phi) is 2.13. The van der Waals surface area contributed by atoms with Gasteiger partial charge in [-0.15, -0.1) is 0 Å². The molecule has 2 rings (SSSR count). The van der Waals surface area contributed by atoms with E-state index in [-0.39, 0.29) is 6.04 Å². The first kappa shape index (κ1) is 8.05. The first-order valence-electron chi connectivity index (χ1n) is 4.38. The Morgan fingerprint density at radius 1 is 1.31 bits per heavy atom. The van der Waals surface area contributed by atoms with E-state index in [1.165, 1.54) is 11.1 Å². The summed E-state index contributed by atoms with van der Waals surface area (Å²) in [5.74, 6) is 0. The quantitative estimate of drug-likeness (QED) is 0.689. The lowest BCUT2D eigenvalue weighted by Gasteiger charge is -2.17. The number of rotatable bonds is 1. The third-order valence-electron chi connectivity index (χ3n) is 2.20. The van der Waals surface area contributed by atoms with Crippen molar-refractivity contribution in [1.82, 2.24) is 5.32 Å². The summed E-state index contributed by atoms with van der Waals surface area (Å²) in [5, 5.41) is 3.25. The highest BCUT2D eigenvalue weighted by Gasteiger charge is 2.09. The maximum absolute atomic E-state index is 4.11. The van der Waals surface area contributed by atoms with E-state index in [0.29, 0.717) is 0 Å². The molecule has 2 heteroatoms. The molecule has 1 heterocycles. The number of aryl methyl sites for hydroxylation is 1. The summed E-state index contributed by atoms with van der Waals surface area (Å²) in [6, 6.07) is 8.57. The molecule has 66 valence electrons. The monoisotopic (exact) mass is 172 g/mol. The molecule has 13 heavy (non-hydrogen) atoms. The Hall–Kier alpha value is -1.57. The van der Waals surface area contributed by atoms with Crippen LogP contribution in [0.1, 0.15) is 17.2 Å². The summed E-state index contributed by atoms with van der Waals surface area (Å²) in [5.41, 5.74) is 2.58. The summed E-state index contributed by atoms with van der Waals surface area (Å²) in [4.78, 5) is 4.11. The van der Waals surface area contributed by atoms with E-state index in [1.54, 1.807) is 6.20 Å². The minimum Gasteiger partial charge on any atom is -0.378 e. The van der Waals surface area contributed by atoms with Gasteiger partial charge in [0.2, 0.25) is 0 Å². The zero-order chi connectivity index (χ0) is 9.10. The van der Waals surface area contributed by atoms with Crippen LogP contribution < -0.4 is 5.32 Å². The molecule has 0 aliphatic carbocycles. The van der Waals surface area contributed by atoms with Crippen LogP contribution in [0.4, 0.5) is 0 Å². The minimum atomic E-state index is 0.228. The van der Waals surface area contributed by atoms with Gasteiger partial charge in [-0.25, -0.2) is 0 Å². The smallest absolute Gasteiger partial charge is 0.0868 e. The predicted octanol–water partition coefficient (Wildman–Crippen LogP) is 2.18. The fourth-order valence-electron chi connectivity index (χ4n) is 1.47. The van der Waals surface area contributed by atoms with E-state index in [9.17, 15) is 0 Å². The molecule has 0 spiro atoms. The molecule has 1 atom stereocenters. The Morgan fingerprint density at radius 3 is 2.85 bits per heavy atom. The van der Waals surface area contributed by atoms with Crippen molar-refractivity contribution < 1.29 is 0 Å². The normalized spacial score (nSPS) is 19.9. The Balaban J connectivity index is 2.30. The molecule has 2 nitrogen and oxygen atoms in total. The first-order chi connectivity index (χ1) is 6.38. The highest BCUT2D eigenvalue weighted by Crippen LogP contribution is 2.16. The van der Waals surface area contributed by atoms with E-state index in [2.05, 4.69) is 41.5 Å². The van der Waals surface area contributed by atoms with Crippen molar-refractivity contribution in [3.63, 3.8) is 0 Å².